The summed E-state index contributed by atoms with van der Waals surface area (Å²) in [5, 5.41) is 23.1. The molecule has 11 heteroatoms. The van der Waals surface area contributed by atoms with Crippen molar-refractivity contribution in [2.75, 3.05) is 13.1 Å². The summed E-state index contributed by atoms with van der Waals surface area (Å²) < 4.78 is 21.5. The summed E-state index contributed by atoms with van der Waals surface area (Å²) >= 11 is 0. The Kier molecular flexibility index (Phi) is 5.92. The van der Waals surface area contributed by atoms with Crippen molar-refractivity contribution in [3.05, 3.63) is 30.2 Å². The number of halogens is 1. The molecule has 10 nitrogen and oxygen atoms in total. The maximum atomic E-state index is 14.4. The van der Waals surface area contributed by atoms with Crippen molar-refractivity contribution in [3.63, 3.8) is 0 Å². The fourth-order valence-electron chi connectivity index (χ4n) is 3.21. The fraction of sp³-hybridized carbons (Fsp3) is 0.474. The van der Waals surface area contributed by atoms with E-state index < -0.39 is 29.9 Å². The van der Waals surface area contributed by atoms with Crippen molar-refractivity contribution < 1.29 is 28.9 Å². The highest BCUT2D eigenvalue weighted by atomic mass is 19.1. The highest BCUT2D eigenvalue weighted by molar-refractivity contribution is 5.96. The molecule has 0 radical (unpaired) electrons. The topological polar surface area (TPSA) is 144 Å². The van der Waals surface area contributed by atoms with Crippen LogP contribution in [0.4, 0.5) is 9.18 Å². The number of nitrogens with zero attached hydrogens (tertiary/aromatic N) is 4. The number of piperidine rings is 1. The number of primary amides is 1. The van der Waals surface area contributed by atoms with Gasteiger partial charge in [0.1, 0.15) is 11.7 Å². The van der Waals surface area contributed by atoms with E-state index in [0.717, 1.165) is 4.90 Å². The highest BCUT2D eigenvalue weighted by Crippen LogP contribution is 2.27. The number of hydrogen-bond acceptors (Lipinski definition) is 6. The first-order valence-corrected chi connectivity index (χ1v) is 9.37. The normalized spacial score (nSPS) is 19.5. The Hall–Kier alpha value is -3.21. The molecule has 4 N–H and O–H groups in total. The van der Waals surface area contributed by atoms with Gasteiger partial charge in [0.25, 0.3) is 5.91 Å². The number of carbonyl (C=O) groups excluding carboxylic acids is 1. The number of rotatable bonds is 6. The molecule has 0 saturated carbocycles. The highest BCUT2D eigenvalue weighted by Gasteiger charge is 2.34. The first-order valence-electron chi connectivity index (χ1n) is 9.37. The molecule has 2 aromatic heterocycles. The van der Waals surface area contributed by atoms with Gasteiger partial charge in [-0.15, -0.1) is 0 Å². The minimum Gasteiger partial charge on any atom is -0.471 e. The fourth-order valence-corrected chi connectivity index (χ4v) is 3.21. The van der Waals surface area contributed by atoms with Gasteiger partial charge in [0.05, 0.1) is 24.9 Å². The van der Waals surface area contributed by atoms with E-state index in [9.17, 15) is 19.1 Å². The zero-order chi connectivity index (χ0) is 22.1. The van der Waals surface area contributed by atoms with Crippen molar-refractivity contribution in [2.45, 2.75) is 44.7 Å². The summed E-state index contributed by atoms with van der Waals surface area (Å²) in [4.78, 5) is 28.0. The van der Waals surface area contributed by atoms with Crippen LogP contribution in [0.5, 0.6) is 5.88 Å². The summed E-state index contributed by atoms with van der Waals surface area (Å²) in [6, 6.07) is 1.48. The molecule has 0 spiro atoms. The minimum atomic E-state index is -1.56. The summed E-state index contributed by atoms with van der Waals surface area (Å²) in [5.74, 6) is -0.895. The maximum Gasteiger partial charge on any atom is 0.407 e. The minimum absolute atomic E-state index is 0.0180. The molecular weight excluding hydrogens is 397 g/mol. The Morgan fingerprint density at radius 3 is 2.70 bits per heavy atom. The van der Waals surface area contributed by atoms with Gasteiger partial charge in [0.2, 0.25) is 5.88 Å². The van der Waals surface area contributed by atoms with E-state index >= 15 is 0 Å². The summed E-state index contributed by atoms with van der Waals surface area (Å²) in [5.41, 5.74) is 5.70. The number of aromatic nitrogens is 3. The molecule has 3 rings (SSSR count). The SMILES string of the molecule is CC(C)(O)Cn1cc(-c2cnc(O[C@H]3CCN(C(=O)O)C[C@H]3F)c(C(N)=O)c2)cn1. The average molecular weight is 421 g/mol. The number of nitrogens with two attached hydrogens (primary N) is 1. The number of carboxylic acid groups (broad SMARTS) is 1. The molecule has 3 heterocycles. The van der Waals surface area contributed by atoms with E-state index in [1.807, 2.05) is 0 Å². The van der Waals surface area contributed by atoms with Gasteiger partial charge in [-0.3, -0.25) is 9.48 Å². The number of carbonyl (C=O) groups is 2. The molecule has 162 valence electrons. The van der Waals surface area contributed by atoms with Crippen molar-refractivity contribution in [3.8, 4) is 17.0 Å². The number of pyridine rings is 1. The smallest absolute Gasteiger partial charge is 0.407 e. The van der Waals surface area contributed by atoms with Crippen LogP contribution in [-0.4, -0.2) is 72.8 Å². The number of aliphatic hydroxyl groups is 1. The molecule has 2 amide bonds. The van der Waals surface area contributed by atoms with Gasteiger partial charge in [-0.1, -0.05) is 0 Å². The molecule has 2 aromatic rings. The van der Waals surface area contributed by atoms with Gasteiger partial charge in [0, 0.05) is 36.5 Å². The Balaban J connectivity index is 1.79. The molecule has 0 aromatic carbocycles. The molecule has 1 saturated heterocycles. The lowest BCUT2D eigenvalue weighted by atomic mass is 10.1. The third kappa shape index (κ3) is 5.03. The second kappa shape index (κ2) is 8.27. The monoisotopic (exact) mass is 421 g/mol. The van der Waals surface area contributed by atoms with Crippen molar-refractivity contribution in [2.24, 2.45) is 5.73 Å². The Labute approximate surface area is 172 Å². The molecule has 0 aliphatic carbocycles. The Bertz CT molecular complexity index is 942. The van der Waals surface area contributed by atoms with Crippen LogP contribution in [0.25, 0.3) is 11.1 Å². The second-order valence-corrected chi connectivity index (χ2v) is 7.87. The third-order valence-electron chi connectivity index (χ3n) is 4.65. The van der Waals surface area contributed by atoms with Gasteiger partial charge in [-0.2, -0.15) is 5.10 Å². The predicted molar refractivity (Wildman–Crippen MR) is 104 cm³/mol. The standard InChI is InChI=1S/C19H24FN5O5/c1-19(2,29)10-25-8-12(7-23-25)11-5-13(16(21)26)17(22-6-11)30-15-3-4-24(18(27)28)9-14(15)20/h5-8,14-15,29H,3-4,9-10H2,1-2H3,(H2,21,26)(H,27,28)/t14-,15+/m1/s1. The number of ether oxygens (including phenoxy) is 1. The van der Waals surface area contributed by atoms with E-state index in [0.29, 0.717) is 11.1 Å². The Morgan fingerprint density at radius 2 is 2.10 bits per heavy atom. The second-order valence-electron chi connectivity index (χ2n) is 7.87. The number of amides is 2. The van der Waals surface area contributed by atoms with Crippen LogP contribution in [0.3, 0.4) is 0 Å². The molecule has 2 atom stereocenters. The van der Waals surface area contributed by atoms with E-state index in [2.05, 4.69) is 10.1 Å². The van der Waals surface area contributed by atoms with E-state index in [4.69, 9.17) is 15.6 Å². The maximum absolute atomic E-state index is 14.4. The van der Waals surface area contributed by atoms with Crippen LogP contribution in [0.15, 0.2) is 24.7 Å². The quantitative estimate of drug-likeness (QED) is 0.637. The van der Waals surface area contributed by atoms with Crippen LogP contribution in [0.2, 0.25) is 0 Å². The van der Waals surface area contributed by atoms with Gasteiger partial charge in [-0.25, -0.2) is 14.2 Å². The summed E-state index contributed by atoms with van der Waals surface area (Å²) in [7, 11) is 0. The zero-order valence-electron chi connectivity index (χ0n) is 16.7. The molecule has 1 aliphatic heterocycles. The average Bonchev–Trinajstić information content (AvgIpc) is 3.09. The predicted octanol–water partition coefficient (Wildman–Crippen LogP) is 1.28. The largest absolute Gasteiger partial charge is 0.471 e. The van der Waals surface area contributed by atoms with Crippen LogP contribution >= 0.6 is 0 Å². The zero-order valence-corrected chi connectivity index (χ0v) is 16.7. The van der Waals surface area contributed by atoms with Crippen molar-refractivity contribution >= 4 is 12.0 Å². The van der Waals surface area contributed by atoms with Crippen LogP contribution in [0.1, 0.15) is 30.6 Å². The van der Waals surface area contributed by atoms with Crippen LogP contribution in [0, 0.1) is 0 Å². The number of alkyl halides is 1. The molecule has 30 heavy (non-hydrogen) atoms. The van der Waals surface area contributed by atoms with E-state index in [1.165, 1.54) is 12.3 Å². The molecule has 1 fully saturated rings. The molecular formula is C19H24FN5O5. The van der Waals surface area contributed by atoms with Crippen molar-refractivity contribution in [1.29, 1.82) is 0 Å². The van der Waals surface area contributed by atoms with Crippen molar-refractivity contribution in [1.82, 2.24) is 19.7 Å². The lowest BCUT2D eigenvalue weighted by molar-refractivity contribution is 0.0222. The summed E-state index contributed by atoms with van der Waals surface area (Å²) in [6.07, 6.45) is 1.14. The number of likely N-dealkylation sites (tertiary alicyclic amines) is 1. The van der Waals surface area contributed by atoms with E-state index in [-0.39, 0.29) is 37.5 Å². The van der Waals surface area contributed by atoms with E-state index in [1.54, 1.807) is 30.9 Å². The first-order chi connectivity index (χ1) is 14.0. The van der Waals surface area contributed by atoms with Gasteiger partial charge in [0.15, 0.2) is 6.17 Å². The van der Waals surface area contributed by atoms with Crippen LogP contribution in [-0.2, 0) is 6.54 Å². The third-order valence-corrected chi connectivity index (χ3v) is 4.65. The first kappa shape index (κ1) is 21.5. The lowest BCUT2D eigenvalue weighted by Crippen LogP contribution is -2.49. The van der Waals surface area contributed by atoms with Crippen LogP contribution < -0.4 is 10.5 Å². The van der Waals surface area contributed by atoms with Gasteiger partial charge in [-0.05, 0) is 19.9 Å². The lowest BCUT2D eigenvalue weighted by Gasteiger charge is -2.33. The van der Waals surface area contributed by atoms with Gasteiger partial charge < -0.3 is 25.6 Å². The number of hydrogen-bond donors (Lipinski definition) is 3. The molecule has 0 bridgehead atoms. The van der Waals surface area contributed by atoms with Gasteiger partial charge >= 0.3 is 6.09 Å². The summed E-state index contributed by atoms with van der Waals surface area (Å²) in [6.45, 7) is 3.39. The Morgan fingerprint density at radius 1 is 1.37 bits per heavy atom. The molecule has 1 aliphatic rings. The molecule has 0 unspecified atom stereocenters.